The normalized spacial score (nSPS) is 13.9. The Morgan fingerprint density at radius 3 is 2.83 bits per heavy atom. The molecule has 5 heteroatoms. The van der Waals surface area contributed by atoms with E-state index in [1.165, 1.54) is 11.3 Å². The van der Waals surface area contributed by atoms with Crippen molar-refractivity contribution in [3.8, 4) is 5.75 Å². The van der Waals surface area contributed by atoms with E-state index in [2.05, 4.69) is 29.4 Å². The monoisotopic (exact) mass is 325 g/mol. The molecule has 2 amide bonds. The molecule has 1 heterocycles. The van der Waals surface area contributed by atoms with E-state index in [0.29, 0.717) is 19.6 Å². The summed E-state index contributed by atoms with van der Waals surface area (Å²) in [5, 5.41) is 3.01. The van der Waals surface area contributed by atoms with Gasteiger partial charge in [0.1, 0.15) is 5.75 Å². The Labute approximate surface area is 142 Å². The molecule has 0 unspecified atom stereocenters. The van der Waals surface area contributed by atoms with Crippen molar-refractivity contribution < 1.29 is 9.53 Å². The molecule has 0 atom stereocenters. The number of nitrogens with zero attached hydrogens (tertiary/aromatic N) is 2. The Morgan fingerprint density at radius 1 is 1.17 bits per heavy atom. The van der Waals surface area contributed by atoms with Crippen LogP contribution in [0.25, 0.3) is 0 Å². The summed E-state index contributed by atoms with van der Waals surface area (Å²) < 4.78 is 5.22. The molecule has 0 spiro atoms. The Hall–Kier alpha value is -2.69. The molecule has 2 aromatic carbocycles. The number of hydrogen-bond donors (Lipinski definition) is 1. The number of amides is 2. The van der Waals surface area contributed by atoms with Gasteiger partial charge in [-0.25, -0.2) is 4.79 Å². The average molecular weight is 325 g/mol. The molecule has 2 aromatic rings. The van der Waals surface area contributed by atoms with E-state index in [-0.39, 0.29) is 6.03 Å². The van der Waals surface area contributed by atoms with Crippen LogP contribution in [0.4, 0.5) is 10.5 Å². The lowest BCUT2D eigenvalue weighted by Crippen LogP contribution is -2.41. The van der Waals surface area contributed by atoms with Crippen LogP contribution in [0.3, 0.4) is 0 Å². The lowest BCUT2D eigenvalue weighted by Gasteiger charge is -2.21. The molecule has 0 aromatic heterocycles. The van der Waals surface area contributed by atoms with E-state index in [0.717, 1.165) is 17.9 Å². The van der Waals surface area contributed by atoms with Crippen LogP contribution in [-0.2, 0) is 13.1 Å². The zero-order chi connectivity index (χ0) is 16.9. The third-order valence-corrected chi connectivity index (χ3v) is 4.33. The minimum Gasteiger partial charge on any atom is -0.497 e. The molecule has 5 nitrogen and oxygen atoms in total. The molecule has 1 aliphatic rings. The van der Waals surface area contributed by atoms with Gasteiger partial charge in [-0.05, 0) is 29.3 Å². The second kappa shape index (κ2) is 7.25. The second-order valence-electron chi connectivity index (χ2n) is 5.98. The fourth-order valence-corrected chi connectivity index (χ4v) is 2.94. The molecular formula is C19H23N3O2. The first-order chi connectivity index (χ1) is 11.7. The van der Waals surface area contributed by atoms with Crippen molar-refractivity contribution in [3.05, 3.63) is 59.7 Å². The number of fused-ring (bicyclic) bond motifs is 1. The molecule has 0 radical (unpaired) electrons. The van der Waals surface area contributed by atoms with E-state index < -0.39 is 0 Å². The van der Waals surface area contributed by atoms with Crippen LogP contribution in [-0.4, -0.2) is 38.2 Å². The van der Waals surface area contributed by atoms with Gasteiger partial charge in [0.05, 0.1) is 7.11 Å². The summed E-state index contributed by atoms with van der Waals surface area (Å²) in [4.78, 5) is 16.6. The second-order valence-corrected chi connectivity index (χ2v) is 5.98. The number of nitrogens with one attached hydrogen (secondary N) is 1. The zero-order valence-electron chi connectivity index (χ0n) is 14.2. The predicted octanol–water partition coefficient (Wildman–Crippen LogP) is 2.86. The van der Waals surface area contributed by atoms with E-state index in [1.54, 1.807) is 7.11 Å². The predicted molar refractivity (Wildman–Crippen MR) is 95.4 cm³/mol. The topological polar surface area (TPSA) is 44.8 Å². The first-order valence-electron chi connectivity index (χ1n) is 8.12. The minimum absolute atomic E-state index is 0.0390. The van der Waals surface area contributed by atoms with E-state index in [4.69, 9.17) is 4.74 Å². The van der Waals surface area contributed by atoms with Crippen LogP contribution in [0.5, 0.6) is 5.75 Å². The smallest absolute Gasteiger partial charge is 0.318 e. The third kappa shape index (κ3) is 3.62. The van der Waals surface area contributed by atoms with Gasteiger partial charge >= 0.3 is 6.03 Å². The summed E-state index contributed by atoms with van der Waals surface area (Å²) in [7, 11) is 3.71. The van der Waals surface area contributed by atoms with Crippen LogP contribution in [0.2, 0.25) is 0 Å². The number of urea groups is 1. The van der Waals surface area contributed by atoms with Gasteiger partial charge in [-0.15, -0.1) is 0 Å². The quantitative estimate of drug-likeness (QED) is 0.944. The molecule has 1 aliphatic heterocycles. The van der Waals surface area contributed by atoms with Crippen molar-refractivity contribution in [2.45, 2.75) is 13.1 Å². The highest BCUT2D eigenvalue weighted by molar-refractivity contribution is 5.75. The van der Waals surface area contributed by atoms with Gasteiger partial charge in [0.2, 0.25) is 0 Å². The summed E-state index contributed by atoms with van der Waals surface area (Å²) >= 11 is 0. The number of anilines is 1. The van der Waals surface area contributed by atoms with Crippen molar-refractivity contribution in [2.75, 3.05) is 32.1 Å². The minimum atomic E-state index is -0.0390. The molecule has 1 N–H and O–H groups in total. The highest BCUT2D eigenvalue weighted by atomic mass is 16.5. The SMILES string of the molecule is COc1cccc(CNC(=O)N2CCN(C)c3ccccc3C2)c1. The van der Waals surface area contributed by atoms with Gasteiger partial charge in [0.25, 0.3) is 0 Å². The summed E-state index contributed by atoms with van der Waals surface area (Å²) in [6.07, 6.45) is 0. The van der Waals surface area contributed by atoms with Crippen molar-refractivity contribution in [1.82, 2.24) is 10.2 Å². The molecule has 0 bridgehead atoms. The van der Waals surface area contributed by atoms with Crippen molar-refractivity contribution in [3.63, 3.8) is 0 Å². The first kappa shape index (κ1) is 16.2. The van der Waals surface area contributed by atoms with Gasteiger partial charge in [-0.2, -0.15) is 0 Å². The number of methoxy groups -OCH3 is 1. The third-order valence-electron chi connectivity index (χ3n) is 4.33. The van der Waals surface area contributed by atoms with Crippen LogP contribution >= 0.6 is 0 Å². The molecule has 0 saturated heterocycles. The lowest BCUT2D eigenvalue weighted by molar-refractivity contribution is 0.197. The van der Waals surface area contributed by atoms with Gasteiger partial charge in [0.15, 0.2) is 0 Å². The van der Waals surface area contributed by atoms with Gasteiger partial charge in [0, 0.05) is 38.9 Å². The van der Waals surface area contributed by atoms with Gasteiger partial charge in [-0.1, -0.05) is 30.3 Å². The molecule has 0 aliphatic carbocycles. The van der Waals surface area contributed by atoms with Crippen molar-refractivity contribution in [1.29, 1.82) is 0 Å². The van der Waals surface area contributed by atoms with E-state index in [1.807, 2.05) is 41.3 Å². The Bertz CT molecular complexity index is 717. The van der Waals surface area contributed by atoms with Crippen molar-refractivity contribution >= 4 is 11.7 Å². The molecule has 126 valence electrons. The standard InChI is InChI=1S/C19H23N3O2/c1-21-10-11-22(14-16-7-3-4-9-18(16)21)19(23)20-13-15-6-5-8-17(12-15)24-2/h3-9,12H,10-11,13-14H2,1-2H3,(H,20,23). The summed E-state index contributed by atoms with van der Waals surface area (Å²) in [5.74, 6) is 0.798. The summed E-state index contributed by atoms with van der Waals surface area (Å²) in [6.45, 7) is 2.65. The number of hydrogen-bond acceptors (Lipinski definition) is 3. The van der Waals surface area contributed by atoms with E-state index in [9.17, 15) is 4.79 Å². The Morgan fingerprint density at radius 2 is 2.00 bits per heavy atom. The lowest BCUT2D eigenvalue weighted by atomic mass is 10.1. The van der Waals surface area contributed by atoms with Crippen LogP contribution in [0, 0.1) is 0 Å². The maximum absolute atomic E-state index is 12.6. The van der Waals surface area contributed by atoms with Crippen LogP contribution in [0.15, 0.2) is 48.5 Å². The Balaban J connectivity index is 1.65. The highest BCUT2D eigenvalue weighted by Crippen LogP contribution is 2.23. The molecule has 3 rings (SSSR count). The fourth-order valence-electron chi connectivity index (χ4n) is 2.94. The average Bonchev–Trinajstić information content (AvgIpc) is 2.79. The molecule has 0 saturated carbocycles. The number of para-hydroxylation sites is 1. The van der Waals surface area contributed by atoms with Crippen LogP contribution in [0.1, 0.15) is 11.1 Å². The number of rotatable bonds is 3. The van der Waals surface area contributed by atoms with Gasteiger partial charge < -0.3 is 19.9 Å². The first-order valence-corrected chi connectivity index (χ1v) is 8.12. The van der Waals surface area contributed by atoms with Gasteiger partial charge in [-0.3, -0.25) is 0 Å². The van der Waals surface area contributed by atoms with Crippen molar-refractivity contribution in [2.24, 2.45) is 0 Å². The number of benzene rings is 2. The van der Waals surface area contributed by atoms with E-state index >= 15 is 0 Å². The Kier molecular flexibility index (Phi) is 4.89. The number of likely N-dealkylation sites (N-methyl/N-ethyl adjacent to an activating group) is 1. The molecular weight excluding hydrogens is 302 g/mol. The number of carbonyl (C=O) groups is 1. The van der Waals surface area contributed by atoms with Crippen LogP contribution < -0.4 is 15.0 Å². The zero-order valence-corrected chi connectivity index (χ0v) is 14.2. The molecule has 0 fully saturated rings. The summed E-state index contributed by atoms with van der Waals surface area (Å²) in [6, 6.07) is 15.9. The number of carbonyl (C=O) groups excluding carboxylic acids is 1. The molecule has 24 heavy (non-hydrogen) atoms. The fraction of sp³-hybridized carbons (Fsp3) is 0.316. The maximum Gasteiger partial charge on any atom is 0.318 e. The highest BCUT2D eigenvalue weighted by Gasteiger charge is 2.20. The number of ether oxygens (including phenoxy) is 1. The summed E-state index contributed by atoms with van der Waals surface area (Å²) in [5.41, 5.74) is 3.39. The largest absolute Gasteiger partial charge is 0.497 e. The maximum atomic E-state index is 12.6.